The fraction of sp³-hybridized carbons (Fsp3) is 0.750. The zero-order chi connectivity index (χ0) is 14.2. The first-order chi connectivity index (χ1) is 8.26. The average molecular weight is 258 g/mol. The van der Waals surface area contributed by atoms with E-state index < -0.39 is 11.4 Å². The SMILES string of the molecule is CCCNC(=O)CNC(=O)CC(C)(C)CC(=O)O. The molecule has 0 saturated heterocycles. The molecule has 0 aromatic heterocycles. The number of carboxylic acid groups (broad SMARTS) is 1. The molecule has 0 radical (unpaired) electrons. The molecule has 0 aliphatic heterocycles. The molecule has 104 valence electrons. The van der Waals surface area contributed by atoms with Crippen LogP contribution in [-0.2, 0) is 14.4 Å². The van der Waals surface area contributed by atoms with E-state index in [2.05, 4.69) is 10.6 Å². The van der Waals surface area contributed by atoms with Gasteiger partial charge in [-0.3, -0.25) is 14.4 Å². The molecule has 0 aliphatic rings. The van der Waals surface area contributed by atoms with E-state index in [4.69, 9.17) is 5.11 Å². The minimum absolute atomic E-state index is 0.0675. The van der Waals surface area contributed by atoms with Crippen molar-refractivity contribution in [3.05, 3.63) is 0 Å². The summed E-state index contributed by atoms with van der Waals surface area (Å²) >= 11 is 0. The molecule has 0 atom stereocenters. The number of carboxylic acids is 1. The van der Waals surface area contributed by atoms with Gasteiger partial charge in [0.05, 0.1) is 13.0 Å². The van der Waals surface area contributed by atoms with Gasteiger partial charge in [0.25, 0.3) is 0 Å². The topological polar surface area (TPSA) is 95.5 Å². The van der Waals surface area contributed by atoms with Gasteiger partial charge in [-0.1, -0.05) is 20.8 Å². The summed E-state index contributed by atoms with van der Waals surface area (Å²) in [5, 5.41) is 13.8. The molecule has 0 bridgehead atoms. The zero-order valence-electron chi connectivity index (χ0n) is 11.2. The maximum Gasteiger partial charge on any atom is 0.303 e. The van der Waals surface area contributed by atoms with Gasteiger partial charge in [0.15, 0.2) is 0 Å². The van der Waals surface area contributed by atoms with E-state index in [0.717, 1.165) is 6.42 Å². The van der Waals surface area contributed by atoms with Crippen molar-refractivity contribution in [1.82, 2.24) is 10.6 Å². The highest BCUT2D eigenvalue weighted by Crippen LogP contribution is 2.24. The third-order valence-electron chi connectivity index (χ3n) is 2.29. The van der Waals surface area contributed by atoms with Gasteiger partial charge in [-0.05, 0) is 11.8 Å². The lowest BCUT2D eigenvalue weighted by Crippen LogP contribution is -2.38. The monoisotopic (exact) mass is 258 g/mol. The summed E-state index contributed by atoms with van der Waals surface area (Å²) in [5.41, 5.74) is -0.615. The van der Waals surface area contributed by atoms with Crippen molar-refractivity contribution in [1.29, 1.82) is 0 Å². The predicted molar refractivity (Wildman–Crippen MR) is 67.0 cm³/mol. The minimum Gasteiger partial charge on any atom is -0.481 e. The minimum atomic E-state index is -0.937. The number of hydrogen-bond donors (Lipinski definition) is 3. The highest BCUT2D eigenvalue weighted by atomic mass is 16.4. The molecule has 18 heavy (non-hydrogen) atoms. The van der Waals surface area contributed by atoms with E-state index in [0.29, 0.717) is 6.54 Å². The van der Waals surface area contributed by atoms with E-state index in [1.807, 2.05) is 6.92 Å². The summed E-state index contributed by atoms with van der Waals surface area (Å²) < 4.78 is 0. The lowest BCUT2D eigenvalue weighted by atomic mass is 9.85. The third-order valence-corrected chi connectivity index (χ3v) is 2.29. The first-order valence-electron chi connectivity index (χ1n) is 6.02. The van der Waals surface area contributed by atoms with Gasteiger partial charge in [-0.2, -0.15) is 0 Å². The van der Waals surface area contributed by atoms with Gasteiger partial charge in [0.2, 0.25) is 11.8 Å². The highest BCUT2D eigenvalue weighted by Gasteiger charge is 2.25. The van der Waals surface area contributed by atoms with Gasteiger partial charge >= 0.3 is 5.97 Å². The van der Waals surface area contributed by atoms with Gasteiger partial charge in [0, 0.05) is 13.0 Å². The first kappa shape index (κ1) is 16.4. The number of aliphatic carboxylic acids is 1. The van der Waals surface area contributed by atoms with Crippen LogP contribution in [0.5, 0.6) is 0 Å². The second kappa shape index (κ2) is 7.68. The number of rotatable bonds is 8. The summed E-state index contributed by atoms with van der Waals surface area (Å²) in [6.07, 6.45) is 0.841. The van der Waals surface area contributed by atoms with Crippen molar-refractivity contribution in [3.8, 4) is 0 Å². The Kier molecular flexibility index (Phi) is 7.00. The lowest BCUT2D eigenvalue weighted by molar-refractivity contribution is -0.140. The van der Waals surface area contributed by atoms with Gasteiger partial charge in [0.1, 0.15) is 0 Å². The quantitative estimate of drug-likeness (QED) is 0.591. The van der Waals surface area contributed by atoms with E-state index in [1.165, 1.54) is 0 Å². The molecule has 0 rings (SSSR count). The Bertz CT molecular complexity index is 313. The molecular weight excluding hydrogens is 236 g/mol. The number of hydrogen-bond acceptors (Lipinski definition) is 3. The predicted octanol–water partition coefficient (Wildman–Crippen LogP) is 0.520. The number of carbonyl (C=O) groups is 3. The van der Waals surface area contributed by atoms with Crippen LogP contribution < -0.4 is 10.6 Å². The Balaban J connectivity index is 3.96. The maximum absolute atomic E-state index is 11.5. The lowest BCUT2D eigenvalue weighted by Gasteiger charge is -2.21. The van der Waals surface area contributed by atoms with Crippen molar-refractivity contribution in [3.63, 3.8) is 0 Å². The zero-order valence-corrected chi connectivity index (χ0v) is 11.2. The fourth-order valence-corrected chi connectivity index (χ4v) is 1.47. The Hall–Kier alpha value is -1.59. The van der Waals surface area contributed by atoms with Crippen molar-refractivity contribution in [2.75, 3.05) is 13.1 Å². The van der Waals surface area contributed by atoms with Crippen molar-refractivity contribution < 1.29 is 19.5 Å². The Morgan fingerprint density at radius 3 is 2.17 bits per heavy atom. The molecule has 0 spiro atoms. The molecule has 6 nitrogen and oxygen atoms in total. The van der Waals surface area contributed by atoms with Crippen LogP contribution in [0.15, 0.2) is 0 Å². The van der Waals surface area contributed by atoms with E-state index in [-0.39, 0.29) is 31.2 Å². The molecule has 0 aromatic carbocycles. The standard InChI is InChI=1S/C12H22N2O4/c1-4-5-13-10(16)8-14-9(15)6-12(2,3)7-11(17)18/h4-8H2,1-3H3,(H,13,16)(H,14,15)(H,17,18). The van der Waals surface area contributed by atoms with Crippen LogP contribution in [-0.4, -0.2) is 36.0 Å². The summed E-state index contributed by atoms with van der Waals surface area (Å²) in [7, 11) is 0. The number of nitrogens with one attached hydrogen (secondary N) is 2. The van der Waals surface area contributed by atoms with Crippen molar-refractivity contribution >= 4 is 17.8 Å². The van der Waals surface area contributed by atoms with Crippen LogP contribution in [0, 0.1) is 5.41 Å². The summed E-state index contributed by atoms with van der Waals surface area (Å²) in [6.45, 7) is 5.87. The Morgan fingerprint density at radius 1 is 1.06 bits per heavy atom. The van der Waals surface area contributed by atoms with Crippen LogP contribution in [0.4, 0.5) is 0 Å². The molecule has 0 heterocycles. The summed E-state index contributed by atoms with van der Waals surface area (Å²) in [4.78, 5) is 33.3. The normalized spacial score (nSPS) is 10.8. The molecule has 0 fully saturated rings. The second-order valence-electron chi connectivity index (χ2n) is 5.04. The third kappa shape index (κ3) is 8.55. The van der Waals surface area contributed by atoms with Crippen LogP contribution in [0.25, 0.3) is 0 Å². The van der Waals surface area contributed by atoms with Crippen molar-refractivity contribution in [2.45, 2.75) is 40.0 Å². The molecule has 2 amide bonds. The maximum atomic E-state index is 11.5. The Morgan fingerprint density at radius 2 is 1.67 bits per heavy atom. The summed E-state index contributed by atoms with van der Waals surface area (Å²) in [6, 6.07) is 0. The van der Waals surface area contributed by atoms with E-state index >= 15 is 0 Å². The van der Waals surface area contributed by atoms with E-state index in [1.54, 1.807) is 13.8 Å². The van der Waals surface area contributed by atoms with Crippen LogP contribution in [0.1, 0.15) is 40.0 Å². The first-order valence-corrected chi connectivity index (χ1v) is 6.02. The largest absolute Gasteiger partial charge is 0.481 e. The molecule has 0 aromatic rings. The molecular formula is C12H22N2O4. The van der Waals surface area contributed by atoms with Gasteiger partial charge in [-0.15, -0.1) is 0 Å². The fourth-order valence-electron chi connectivity index (χ4n) is 1.47. The number of amides is 2. The molecule has 0 saturated carbocycles. The smallest absolute Gasteiger partial charge is 0.303 e. The molecule has 0 unspecified atom stereocenters. The van der Waals surface area contributed by atoms with E-state index in [9.17, 15) is 14.4 Å². The van der Waals surface area contributed by atoms with Crippen LogP contribution in [0.2, 0.25) is 0 Å². The molecule has 6 heteroatoms. The van der Waals surface area contributed by atoms with Gasteiger partial charge < -0.3 is 15.7 Å². The molecule has 0 aliphatic carbocycles. The van der Waals surface area contributed by atoms with Crippen molar-refractivity contribution in [2.24, 2.45) is 5.41 Å². The average Bonchev–Trinajstić information content (AvgIpc) is 2.20. The molecule has 3 N–H and O–H groups in total. The van der Waals surface area contributed by atoms with Crippen LogP contribution >= 0.6 is 0 Å². The summed E-state index contributed by atoms with van der Waals surface area (Å²) in [5.74, 6) is -1.48. The van der Waals surface area contributed by atoms with Crippen LogP contribution in [0.3, 0.4) is 0 Å². The van der Waals surface area contributed by atoms with Gasteiger partial charge in [-0.25, -0.2) is 0 Å². The Labute approximate surface area is 107 Å². The second-order valence-corrected chi connectivity index (χ2v) is 5.04. The highest BCUT2D eigenvalue weighted by molar-refractivity contribution is 5.85. The number of carbonyl (C=O) groups excluding carboxylic acids is 2.